The highest BCUT2D eigenvalue weighted by atomic mass is 32.2. The fraction of sp³-hybridized carbons (Fsp3) is 1.00. The first-order valence-corrected chi connectivity index (χ1v) is 5.70. The van der Waals surface area contributed by atoms with Crippen LogP contribution in [0.15, 0.2) is 0 Å². The molecule has 1 rings (SSSR count). The minimum atomic E-state index is 0.536. The summed E-state index contributed by atoms with van der Waals surface area (Å²) in [5.41, 5.74) is 0. The van der Waals surface area contributed by atoms with Gasteiger partial charge in [-0.1, -0.05) is 6.92 Å². The van der Waals surface area contributed by atoms with Crippen LogP contribution in [-0.4, -0.2) is 35.5 Å². The zero-order valence-corrected chi connectivity index (χ0v) is 8.71. The molecule has 66 valence electrons. The van der Waals surface area contributed by atoms with Crippen LogP contribution in [0, 0.1) is 0 Å². The van der Waals surface area contributed by atoms with E-state index in [-0.39, 0.29) is 0 Å². The molecule has 1 aliphatic rings. The third-order valence-corrected chi connectivity index (χ3v) is 4.00. The zero-order valence-electron chi connectivity index (χ0n) is 7.89. The lowest BCUT2D eigenvalue weighted by atomic mass is 9.99. The van der Waals surface area contributed by atoms with Crippen LogP contribution in [0.3, 0.4) is 0 Å². The van der Waals surface area contributed by atoms with Crippen LogP contribution in [-0.2, 0) is 0 Å². The molecule has 0 radical (unpaired) electrons. The molecule has 0 aliphatic carbocycles. The van der Waals surface area contributed by atoms with Gasteiger partial charge in [0, 0.05) is 11.3 Å². The predicted molar refractivity (Wildman–Crippen MR) is 53.3 cm³/mol. The molecular formula is C9H19NS. The largest absolute Gasteiger partial charge is 0.302 e. The number of piperidine rings is 1. The quantitative estimate of drug-likeness (QED) is 0.630. The van der Waals surface area contributed by atoms with Crippen molar-refractivity contribution in [2.45, 2.75) is 31.4 Å². The van der Waals surface area contributed by atoms with E-state index in [2.05, 4.69) is 25.0 Å². The van der Waals surface area contributed by atoms with E-state index in [0.29, 0.717) is 4.75 Å². The van der Waals surface area contributed by atoms with Gasteiger partial charge in [0.1, 0.15) is 0 Å². The summed E-state index contributed by atoms with van der Waals surface area (Å²) in [5, 5.41) is 0. The fourth-order valence-corrected chi connectivity index (χ4v) is 2.40. The summed E-state index contributed by atoms with van der Waals surface area (Å²) in [6.45, 7) is 8.46. The Morgan fingerprint density at radius 2 is 2.27 bits per heavy atom. The Balaban J connectivity index is 2.44. The van der Waals surface area contributed by atoms with Gasteiger partial charge in [0.15, 0.2) is 0 Å². The first-order valence-electron chi connectivity index (χ1n) is 4.48. The number of nitrogens with zero attached hydrogens (tertiary/aromatic N) is 1. The van der Waals surface area contributed by atoms with Gasteiger partial charge in [0.05, 0.1) is 0 Å². The topological polar surface area (TPSA) is 3.24 Å². The average Bonchev–Trinajstić information content (AvgIpc) is 2.05. The summed E-state index contributed by atoms with van der Waals surface area (Å²) in [5.74, 6) is 0. The number of likely N-dealkylation sites (tertiary alicyclic amines) is 1. The van der Waals surface area contributed by atoms with Crippen LogP contribution in [0.2, 0.25) is 0 Å². The van der Waals surface area contributed by atoms with Gasteiger partial charge >= 0.3 is 0 Å². The van der Waals surface area contributed by atoms with Crippen molar-refractivity contribution in [3.8, 4) is 0 Å². The summed E-state index contributed by atoms with van der Waals surface area (Å²) < 4.78 is 0.536. The maximum absolute atomic E-state index is 2.56. The zero-order chi connectivity index (χ0) is 8.32. The van der Waals surface area contributed by atoms with Gasteiger partial charge in [-0.3, -0.25) is 0 Å². The van der Waals surface area contributed by atoms with Gasteiger partial charge in [-0.15, -0.1) is 0 Å². The van der Waals surface area contributed by atoms with Crippen LogP contribution in [0.1, 0.15) is 26.7 Å². The predicted octanol–water partition coefficient (Wildman–Crippen LogP) is 2.22. The number of thioether (sulfide) groups is 1. The summed E-state index contributed by atoms with van der Waals surface area (Å²) in [4.78, 5) is 2.56. The molecule has 1 fully saturated rings. The smallest absolute Gasteiger partial charge is 0.0256 e. The standard InChI is InChI=1S/C9H19NS/c1-4-10-7-5-6-9(2,8-10)11-3/h4-8H2,1-3H3. The molecule has 1 atom stereocenters. The third kappa shape index (κ3) is 2.38. The van der Waals surface area contributed by atoms with E-state index in [4.69, 9.17) is 0 Å². The van der Waals surface area contributed by atoms with E-state index in [9.17, 15) is 0 Å². The summed E-state index contributed by atoms with van der Waals surface area (Å²) in [6.07, 6.45) is 5.01. The highest BCUT2D eigenvalue weighted by molar-refractivity contribution is 8.00. The van der Waals surface area contributed by atoms with Crippen LogP contribution in [0.25, 0.3) is 0 Å². The molecule has 1 saturated heterocycles. The van der Waals surface area contributed by atoms with Gasteiger partial charge in [-0.2, -0.15) is 11.8 Å². The van der Waals surface area contributed by atoms with Crippen LogP contribution in [0.5, 0.6) is 0 Å². The summed E-state index contributed by atoms with van der Waals surface area (Å²) in [7, 11) is 0. The van der Waals surface area contributed by atoms with Gasteiger partial charge < -0.3 is 4.90 Å². The van der Waals surface area contributed by atoms with Crippen molar-refractivity contribution in [1.29, 1.82) is 0 Å². The van der Waals surface area contributed by atoms with Crippen molar-refractivity contribution < 1.29 is 0 Å². The molecule has 1 unspecified atom stereocenters. The molecular weight excluding hydrogens is 154 g/mol. The molecule has 1 nitrogen and oxygen atoms in total. The van der Waals surface area contributed by atoms with E-state index in [1.165, 1.54) is 32.5 Å². The number of hydrogen-bond donors (Lipinski definition) is 0. The molecule has 0 bridgehead atoms. The molecule has 1 heterocycles. The molecule has 0 spiro atoms. The van der Waals surface area contributed by atoms with Crippen LogP contribution < -0.4 is 0 Å². The molecule has 0 aromatic heterocycles. The Bertz CT molecular complexity index is 127. The second-order valence-corrected chi connectivity index (χ2v) is 5.02. The lowest BCUT2D eigenvalue weighted by Gasteiger charge is -2.38. The molecule has 11 heavy (non-hydrogen) atoms. The highest BCUT2D eigenvalue weighted by Gasteiger charge is 2.28. The second kappa shape index (κ2) is 3.81. The molecule has 2 heteroatoms. The van der Waals surface area contributed by atoms with Gasteiger partial charge in [0.2, 0.25) is 0 Å². The van der Waals surface area contributed by atoms with Crippen molar-refractivity contribution in [2.75, 3.05) is 25.9 Å². The van der Waals surface area contributed by atoms with Crippen LogP contribution in [0.4, 0.5) is 0 Å². The van der Waals surface area contributed by atoms with E-state index >= 15 is 0 Å². The number of rotatable bonds is 2. The molecule has 0 amide bonds. The SMILES string of the molecule is CCN1CCCC(C)(SC)C1. The minimum Gasteiger partial charge on any atom is -0.302 e. The average molecular weight is 173 g/mol. The normalized spacial score (nSPS) is 34.1. The van der Waals surface area contributed by atoms with Gasteiger partial charge in [0.25, 0.3) is 0 Å². The van der Waals surface area contributed by atoms with Crippen molar-refractivity contribution in [2.24, 2.45) is 0 Å². The van der Waals surface area contributed by atoms with Gasteiger partial charge in [-0.25, -0.2) is 0 Å². The lowest BCUT2D eigenvalue weighted by molar-refractivity contribution is 0.210. The fourth-order valence-electron chi connectivity index (χ4n) is 1.74. The van der Waals surface area contributed by atoms with Crippen molar-refractivity contribution in [1.82, 2.24) is 4.90 Å². The Kier molecular flexibility index (Phi) is 3.26. The van der Waals surface area contributed by atoms with Gasteiger partial charge in [-0.05, 0) is 39.1 Å². The Labute approximate surface area is 74.5 Å². The van der Waals surface area contributed by atoms with Crippen LogP contribution >= 0.6 is 11.8 Å². The van der Waals surface area contributed by atoms with E-state index in [0.717, 1.165) is 0 Å². The number of hydrogen-bond acceptors (Lipinski definition) is 2. The molecule has 1 aliphatic heterocycles. The Hall–Kier alpha value is 0.310. The first kappa shape index (κ1) is 9.40. The summed E-state index contributed by atoms with van der Waals surface area (Å²) >= 11 is 2.03. The van der Waals surface area contributed by atoms with E-state index in [1.807, 2.05) is 11.8 Å². The molecule has 0 aromatic rings. The van der Waals surface area contributed by atoms with Crippen molar-refractivity contribution in [3.05, 3.63) is 0 Å². The summed E-state index contributed by atoms with van der Waals surface area (Å²) in [6, 6.07) is 0. The minimum absolute atomic E-state index is 0.536. The monoisotopic (exact) mass is 173 g/mol. The van der Waals surface area contributed by atoms with Crippen molar-refractivity contribution >= 4 is 11.8 Å². The Morgan fingerprint density at radius 3 is 2.82 bits per heavy atom. The maximum atomic E-state index is 2.56. The molecule has 0 saturated carbocycles. The highest BCUT2D eigenvalue weighted by Crippen LogP contribution is 2.31. The van der Waals surface area contributed by atoms with E-state index in [1.54, 1.807) is 0 Å². The maximum Gasteiger partial charge on any atom is 0.0256 e. The third-order valence-electron chi connectivity index (χ3n) is 2.68. The first-order chi connectivity index (χ1) is 5.20. The van der Waals surface area contributed by atoms with E-state index < -0.39 is 0 Å². The van der Waals surface area contributed by atoms with Crippen molar-refractivity contribution in [3.63, 3.8) is 0 Å². The molecule has 0 aromatic carbocycles. The second-order valence-electron chi connectivity index (χ2n) is 3.63. The molecule has 0 N–H and O–H groups in total. The Morgan fingerprint density at radius 1 is 1.55 bits per heavy atom. The lowest BCUT2D eigenvalue weighted by Crippen LogP contribution is -2.43.